The summed E-state index contributed by atoms with van der Waals surface area (Å²) in [5, 5.41) is 3.72. The van der Waals surface area contributed by atoms with Crippen molar-refractivity contribution in [2.75, 3.05) is 33.2 Å². The molecule has 2 rings (SSSR count). The van der Waals surface area contributed by atoms with Crippen LogP contribution < -0.4 is 5.73 Å². The molecule has 1 unspecified atom stereocenters. The number of nitrogens with two attached hydrogens (primary N) is 1. The molecular weight excluding hydrogens is 268 g/mol. The first-order valence-corrected chi connectivity index (χ1v) is 7.65. The average Bonchev–Trinajstić information content (AvgIpc) is 2.68. The van der Waals surface area contributed by atoms with Crippen molar-refractivity contribution in [1.82, 2.24) is 14.4 Å². The fraction of sp³-hybridized carbons (Fsp3) is 0.727. The maximum Gasteiger partial charge on any atom is 0.248 e. The summed E-state index contributed by atoms with van der Waals surface area (Å²) in [6.45, 7) is 5.31. The largest absolute Gasteiger partial charge is 0.360 e. The van der Waals surface area contributed by atoms with Crippen LogP contribution >= 0.6 is 0 Å². The van der Waals surface area contributed by atoms with E-state index in [0.717, 1.165) is 0 Å². The minimum atomic E-state index is -3.59. The van der Waals surface area contributed by atoms with Gasteiger partial charge in [0.1, 0.15) is 10.6 Å². The van der Waals surface area contributed by atoms with Gasteiger partial charge in [-0.1, -0.05) is 5.16 Å². The monoisotopic (exact) mass is 288 g/mol. The third-order valence-electron chi connectivity index (χ3n) is 3.44. The fourth-order valence-electron chi connectivity index (χ4n) is 2.46. The summed E-state index contributed by atoms with van der Waals surface area (Å²) in [7, 11) is -1.63. The van der Waals surface area contributed by atoms with E-state index in [2.05, 4.69) is 10.1 Å². The van der Waals surface area contributed by atoms with Crippen LogP contribution in [0.3, 0.4) is 0 Å². The van der Waals surface area contributed by atoms with Gasteiger partial charge < -0.3 is 15.2 Å². The average molecular weight is 288 g/mol. The zero-order valence-electron chi connectivity index (χ0n) is 11.5. The number of piperazine rings is 1. The van der Waals surface area contributed by atoms with E-state index in [1.165, 1.54) is 4.31 Å². The van der Waals surface area contributed by atoms with Crippen LogP contribution in [0.5, 0.6) is 0 Å². The molecule has 0 amide bonds. The minimum Gasteiger partial charge on any atom is -0.360 e. The summed E-state index contributed by atoms with van der Waals surface area (Å²) in [5.41, 5.74) is 6.11. The molecule has 0 bridgehead atoms. The van der Waals surface area contributed by atoms with Crippen molar-refractivity contribution in [1.29, 1.82) is 0 Å². The number of likely N-dealkylation sites (N-methyl/N-ethyl adjacent to an activating group) is 1. The van der Waals surface area contributed by atoms with E-state index in [-0.39, 0.29) is 10.9 Å². The van der Waals surface area contributed by atoms with Gasteiger partial charge in [-0.25, -0.2) is 8.42 Å². The van der Waals surface area contributed by atoms with Gasteiger partial charge in [0.25, 0.3) is 0 Å². The standard InChI is InChI=1S/C11H20N4O3S/c1-8-11(9(2)18-13-8)19(16,17)15-5-4-14(3)7-10(15)6-12/h10H,4-7,12H2,1-3H3. The van der Waals surface area contributed by atoms with Gasteiger partial charge in [0.2, 0.25) is 10.0 Å². The Bertz CT molecular complexity index is 535. The molecule has 2 heterocycles. The van der Waals surface area contributed by atoms with Crippen molar-refractivity contribution in [2.45, 2.75) is 24.8 Å². The number of sulfonamides is 1. The topological polar surface area (TPSA) is 92.7 Å². The number of aromatic nitrogens is 1. The highest BCUT2D eigenvalue weighted by Gasteiger charge is 2.37. The summed E-state index contributed by atoms with van der Waals surface area (Å²) >= 11 is 0. The molecule has 1 aliphatic rings. The van der Waals surface area contributed by atoms with E-state index in [4.69, 9.17) is 10.3 Å². The Kier molecular flexibility index (Phi) is 3.95. The maximum atomic E-state index is 12.7. The summed E-state index contributed by atoms with van der Waals surface area (Å²) in [4.78, 5) is 2.26. The van der Waals surface area contributed by atoms with E-state index < -0.39 is 10.0 Å². The van der Waals surface area contributed by atoms with E-state index in [1.807, 2.05) is 7.05 Å². The van der Waals surface area contributed by atoms with Gasteiger partial charge in [0.15, 0.2) is 5.76 Å². The lowest BCUT2D eigenvalue weighted by Crippen LogP contribution is -2.56. The molecule has 0 aliphatic carbocycles. The molecule has 1 aromatic heterocycles. The van der Waals surface area contributed by atoms with Crippen LogP contribution in [0.2, 0.25) is 0 Å². The van der Waals surface area contributed by atoms with Crippen LogP contribution in [0.15, 0.2) is 9.42 Å². The Hall–Kier alpha value is -0.960. The zero-order chi connectivity index (χ0) is 14.2. The zero-order valence-corrected chi connectivity index (χ0v) is 12.3. The first-order valence-electron chi connectivity index (χ1n) is 6.21. The fourth-order valence-corrected chi connectivity index (χ4v) is 4.38. The van der Waals surface area contributed by atoms with Gasteiger partial charge in [-0.2, -0.15) is 4.31 Å². The molecule has 0 spiro atoms. The smallest absolute Gasteiger partial charge is 0.248 e. The van der Waals surface area contributed by atoms with Crippen LogP contribution in [-0.2, 0) is 10.0 Å². The number of hydrogen-bond donors (Lipinski definition) is 1. The lowest BCUT2D eigenvalue weighted by atomic mass is 10.2. The quantitative estimate of drug-likeness (QED) is 0.810. The lowest BCUT2D eigenvalue weighted by Gasteiger charge is -2.38. The first kappa shape index (κ1) is 14.4. The molecule has 1 saturated heterocycles. The highest BCUT2D eigenvalue weighted by atomic mass is 32.2. The predicted molar refractivity (Wildman–Crippen MR) is 70.2 cm³/mol. The van der Waals surface area contributed by atoms with Crippen LogP contribution in [-0.4, -0.2) is 62.0 Å². The molecule has 1 aromatic rings. The molecule has 0 radical (unpaired) electrons. The third kappa shape index (κ3) is 2.53. The normalized spacial score (nSPS) is 22.8. The number of aryl methyl sites for hydroxylation is 2. The van der Waals surface area contributed by atoms with E-state index in [0.29, 0.717) is 37.6 Å². The summed E-state index contributed by atoms with van der Waals surface area (Å²) in [6.07, 6.45) is 0. The van der Waals surface area contributed by atoms with Crippen LogP contribution in [0, 0.1) is 13.8 Å². The maximum absolute atomic E-state index is 12.7. The predicted octanol–water partition coefficient (Wildman–Crippen LogP) is -0.445. The SMILES string of the molecule is Cc1noc(C)c1S(=O)(=O)N1CCN(C)CC1CN. The molecule has 1 atom stereocenters. The molecule has 19 heavy (non-hydrogen) atoms. The Morgan fingerprint density at radius 3 is 2.63 bits per heavy atom. The molecule has 2 N–H and O–H groups in total. The van der Waals surface area contributed by atoms with Crippen molar-refractivity contribution in [2.24, 2.45) is 5.73 Å². The molecular formula is C11H20N4O3S. The molecule has 1 fully saturated rings. The second kappa shape index (κ2) is 5.20. The molecule has 1 aliphatic heterocycles. The van der Waals surface area contributed by atoms with E-state index in [1.54, 1.807) is 13.8 Å². The van der Waals surface area contributed by atoms with E-state index >= 15 is 0 Å². The minimum absolute atomic E-state index is 0.176. The van der Waals surface area contributed by atoms with Crippen molar-refractivity contribution in [3.8, 4) is 0 Å². The van der Waals surface area contributed by atoms with Gasteiger partial charge in [0, 0.05) is 26.2 Å². The molecule has 8 heteroatoms. The summed E-state index contributed by atoms with van der Waals surface area (Å²) < 4.78 is 31.9. The summed E-state index contributed by atoms with van der Waals surface area (Å²) in [5.74, 6) is 0.326. The van der Waals surface area contributed by atoms with Crippen molar-refractivity contribution < 1.29 is 12.9 Å². The Morgan fingerprint density at radius 1 is 1.42 bits per heavy atom. The highest BCUT2D eigenvalue weighted by Crippen LogP contribution is 2.26. The number of nitrogens with zero attached hydrogens (tertiary/aromatic N) is 3. The Morgan fingerprint density at radius 2 is 2.11 bits per heavy atom. The van der Waals surface area contributed by atoms with Gasteiger partial charge >= 0.3 is 0 Å². The highest BCUT2D eigenvalue weighted by molar-refractivity contribution is 7.89. The van der Waals surface area contributed by atoms with Gasteiger partial charge in [-0.15, -0.1) is 0 Å². The second-order valence-electron chi connectivity index (χ2n) is 4.92. The van der Waals surface area contributed by atoms with Crippen LogP contribution in [0.25, 0.3) is 0 Å². The first-order chi connectivity index (χ1) is 8.87. The Labute approximate surface area is 113 Å². The Balaban J connectivity index is 2.39. The van der Waals surface area contributed by atoms with Crippen molar-refractivity contribution >= 4 is 10.0 Å². The second-order valence-corrected chi connectivity index (χ2v) is 6.75. The van der Waals surface area contributed by atoms with E-state index in [9.17, 15) is 8.42 Å². The van der Waals surface area contributed by atoms with Crippen LogP contribution in [0.1, 0.15) is 11.5 Å². The van der Waals surface area contributed by atoms with Crippen LogP contribution in [0.4, 0.5) is 0 Å². The third-order valence-corrected chi connectivity index (χ3v) is 5.64. The number of hydrogen-bond acceptors (Lipinski definition) is 6. The number of rotatable bonds is 3. The molecule has 7 nitrogen and oxygen atoms in total. The van der Waals surface area contributed by atoms with Gasteiger partial charge in [-0.3, -0.25) is 0 Å². The van der Waals surface area contributed by atoms with Crippen molar-refractivity contribution in [3.63, 3.8) is 0 Å². The van der Waals surface area contributed by atoms with Gasteiger partial charge in [0.05, 0.1) is 6.04 Å². The molecule has 0 aromatic carbocycles. The van der Waals surface area contributed by atoms with Gasteiger partial charge in [-0.05, 0) is 20.9 Å². The summed E-state index contributed by atoms with van der Waals surface area (Å²) in [6, 6.07) is -0.211. The molecule has 0 saturated carbocycles. The lowest BCUT2D eigenvalue weighted by molar-refractivity contribution is 0.164. The van der Waals surface area contributed by atoms with Crippen molar-refractivity contribution in [3.05, 3.63) is 11.5 Å². The molecule has 108 valence electrons.